The molecule has 0 aromatic heterocycles. The van der Waals surface area contributed by atoms with Crippen molar-refractivity contribution in [3.63, 3.8) is 0 Å². The number of hydrogen-bond donors (Lipinski definition) is 2. The molecule has 2 aliphatic carbocycles. The summed E-state index contributed by atoms with van der Waals surface area (Å²) in [7, 11) is 0. The fraction of sp³-hybridized carbons (Fsp3) is 0.750. The first-order valence-electron chi connectivity index (χ1n) is 3.73. The van der Waals surface area contributed by atoms with Gasteiger partial charge in [0.05, 0.1) is 12.7 Å². The van der Waals surface area contributed by atoms with Gasteiger partial charge in [-0.15, -0.1) is 0 Å². The van der Waals surface area contributed by atoms with Gasteiger partial charge >= 0.3 is 0 Å². The van der Waals surface area contributed by atoms with E-state index in [4.69, 9.17) is 5.11 Å². The highest BCUT2D eigenvalue weighted by Crippen LogP contribution is 2.56. The van der Waals surface area contributed by atoms with Gasteiger partial charge in [0.25, 0.3) is 0 Å². The summed E-state index contributed by atoms with van der Waals surface area (Å²) in [5, 5.41) is 18.3. The molecule has 0 amide bonds. The Morgan fingerprint density at radius 3 is 2.60 bits per heavy atom. The minimum Gasteiger partial charge on any atom is -0.396 e. The molecule has 0 bridgehead atoms. The Morgan fingerprint density at radius 1 is 1.60 bits per heavy atom. The first-order chi connectivity index (χ1) is 4.75. The van der Waals surface area contributed by atoms with Crippen molar-refractivity contribution in [3.8, 4) is 0 Å². The maximum Gasteiger partial charge on any atom is 0.0661 e. The predicted molar refractivity (Wildman–Crippen MR) is 37.3 cm³/mol. The summed E-state index contributed by atoms with van der Waals surface area (Å²) in [5.41, 5.74) is 1.07. The second-order valence-electron chi connectivity index (χ2n) is 3.36. The van der Waals surface area contributed by atoms with E-state index in [0.29, 0.717) is 11.8 Å². The highest BCUT2D eigenvalue weighted by Gasteiger charge is 2.54. The lowest BCUT2D eigenvalue weighted by Gasteiger charge is -2.15. The third-order valence-electron chi connectivity index (χ3n) is 2.84. The van der Waals surface area contributed by atoms with Crippen LogP contribution in [0.5, 0.6) is 0 Å². The van der Waals surface area contributed by atoms with Crippen molar-refractivity contribution in [2.75, 3.05) is 6.61 Å². The molecule has 2 heteroatoms. The zero-order valence-corrected chi connectivity index (χ0v) is 5.83. The third kappa shape index (κ3) is 0.607. The summed E-state index contributed by atoms with van der Waals surface area (Å²) in [6.45, 7) is 3.92. The fourth-order valence-electron chi connectivity index (χ4n) is 2.04. The second kappa shape index (κ2) is 1.83. The second-order valence-corrected chi connectivity index (χ2v) is 3.36. The molecular weight excluding hydrogens is 128 g/mol. The molecule has 2 rings (SSSR count). The molecule has 0 aromatic rings. The van der Waals surface area contributed by atoms with Crippen molar-refractivity contribution in [3.05, 3.63) is 12.2 Å². The van der Waals surface area contributed by atoms with Gasteiger partial charge in [-0.05, 0) is 18.3 Å². The van der Waals surface area contributed by atoms with Gasteiger partial charge in [-0.1, -0.05) is 12.2 Å². The molecule has 0 aromatic carbocycles. The standard InChI is InChI=1S/C8H12O2/c1-4-5-2-6(5)8(10)7(4)3-9/h5-10H,1-3H2/t5-,6?,7+,8+/m1/s1. The van der Waals surface area contributed by atoms with Crippen LogP contribution in [-0.2, 0) is 0 Å². The predicted octanol–water partition coefficient (Wildman–Crippen LogP) is 0.162. The van der Waals surface area contributed by atoms with E-state index in [1.54, 1.807) is 0 Å². The van der Waals surface area contributed by atoms with Crippen molar-refractivity contribution in [1.82, 2.24) is 0 Å². The van der Waals surface area contributed by atoms with Crippen LogP contribution in [0.4, 0.5) is 0 Å². The number of aliphatic hydroxyl groups is 2. The van der Waals surface area contributed by atoms with Gasteiger partial charge in [-0.3, -0.25) is 0 Å². The van der Waals surface area contributed by atoms with E-state index in [0.717, 1.165) is 12.0 Å². The minimum atomic E-state index is -0.303. The number of aliphatic hydroxyl groups excluding tert-OH is 2. The Bertz CT molecular complexity index is 176. The molecule has 0 saturated heterocycles. The van der Waals surface area contributed by atoms with Crippen LogP contribution in [0.15, 0.2) is 12.2 Å². The Kier molecular flexibility index (Phi) is 1.17. The van der Waals surface area contributed by atoms with Crippen LogP contribution in [-0.4, -0.2) is 22.9 Å². The molecule has 1 unspecified atom stereocenters. The minimum absolute atomic E-state index is 0.0243. The van der Waals surface area contributed by atoms with Gasteiger partial charge in [0, 0.05) is 5.92 Å². The largest absolute Gasteiger partial charge is 0.396 e. The van der Waals surface area contributed by atoms with E-state index in [1.807, 2.05) is 0 Å². The first-order valence-corrected chi connectivity index (χ1v) is 3.73. The quantitative estimate of drug-likeness (QED) is 0.509. The summed E-state index contributed by atoms with van der Waals surface area (Å²) in [6, 6.07) is 0. The Hall–Kier alpha value is -0.340. The van der Waals surface area contributed by atoms with E-state index in [2.05, 4.69) is 6.58 Å². The van der Waals surface area contributed by atoms with Gasteiger partial charge in [0.1, 0.15) is 0 Å². The number of fused-ring (bicyclic) bond motifs is 1. The van der Waals surface area contributed by atoms with Gasteiger partial charge in [0.2, 0.25) is 0 Å². The average Bonchev–Trinajstić information content (AvgIpc) is 2.62. The zero-order valence-electron chi connectivity index (χ0n) is 5.83. The molecule has 0 radical (unpaired) electrons. The molecule has 0 aliphatic heterocycles. The van der Waals surface area contributed by atoms with E-state index in [1.165, 1.54) is 0 Å². The number of rotatable bonds is 1. The lowest BCUT2D eigenvalue weighted by molar-refractivity contribution is 0.0845. The van der Waals surface area contributed by atoms with Gasteiger partial charge in [-0.25, -0.2) is 0 Å². The van der Waals surface area contributed by atoms with Crippen LogP contribution in [0.2, 0.25) is 0 Å². The average molecular weight is 140 g/mol. The lowest BCUT2D eigenvalue weighted by atomic mass is 9.98. The molecule has 0 spiro atoms. The molecule has 2 nitrogen and oxygen atoms in total. The summed E-state index contributed by atoms with van der Waals surface area (Å²) in [6.07, 6.45) is 0.791. The van der Waals surface area contributed by atoms with Crippen LogP contribution in [0.3, 0.4) is 0 Å². The summed E-state index contributed by atoms with van der Waals surface area (Å²) < 4.78 is 0. The summed E-state index contributed by atoms with van der Waals surface area (Å²) in [5.74, 6) is 0.945. The van der Waals surface area contributed by atoms with Crippen molar-refractivity contribution in [2.45, 2.75) is 12.5 Å². The Balaban J connectivity index is 2.16. The van der Waals surface area contributed by atoms with Gasteiger partial charge in [0.15, 0.2) is 0 Å². The molecule has 2 aliphatic rings. The molecule has 2 fully saturated rings. The van der Waals surface area contributed by atoms with E-state index < -0.39 is 0 Å². The Labute approximate surface area is 60.2 Å². The third-order valence-corrected chi connectivity index (χ3v) is 2.84. The van der Waals surface area contributed by atoms with Crippen LogP contribution in [0, 0.1) is 17.8 Å². The fourth-order valence-corrected chi connectivity index (χ4v) is 2.04. The summed E-state index contributed by atoms with van der Waals surface area (Å²) in [4.78, 5) is 0. The van der Waals surface area contributed by atoms with Crippen LogP contribution in [0.1, 0.15) is 6.42 Å². The lowest BCUT2D eigenvalue weighted by Crippen LogP contribution is -2.22. The van der Waals surface area contributed by atoms with E-state index >= 15 is 0 Å². The maximum absolute atomic E-state index is 9.45. The highest BCUT2D eigenvalue weighted by molar-refractivity contribution is 5.25. The molecule has 10 heavy (non-hydrogen) atoms. The van der Waals surface area contributed by atoms with Crippen LogP contribution >= 0.6 is 0 Å². The molecular formula is C8H12O2. The number of hydrogen-bond acceptors (Lipinski definition) is 2. The normalized spacial score (nSPS) is 51.2. The Morgan fingerprint density at radius 2 is 2.30 bits per heavy atom. The first kappa shape index (κ1) is 6.38. The van der Waals surface area contributed by atoms with Gasteiger partial charge in [-0.2, -0.15) is 0 Å². The molecule has 0 heterocycles. The van der Waals surface area contributed by atoms with Crippen LogP contribution in [0.25, 0.3) is 0 Å². The maximum atomic E-state index is 9.45. The van der Waals surface area contributed by atoms with Crippen LogP contribution < -0.4 is 0 Å². The van der Waals surface area contributed by atoms with E-state index in [9.17, 15) is 5.11 Å². The van der Waals surface area contributed by atoms with Crippen molar-refractivity contribution >= 4 is 0 Å². The molecule has 4 atom stereocenters. The van der Waals surface area contributed by atoms with E-state index in [-0.39, 0.29) is 18.6 Å². The molecule has 2 N–H and O–H groups in total. The van der Waals surface area contributed by atoms with Crippen molar-refractivity contribution in [1.29, 1.82) is 0 Å². The van der Waals surface area contributed by atoms with Crippen molar-refractivity contribution < 1.29 is 10.2 Å². The van der Waals surface area contributed by atoms with Crippen molar-refractivity contribution in [2.24, 2.45) is 17.8 Å². The SMILES string of the molecule is C=C1[C@H]2CC2[C@H](O)[C@H]1CO. The van der Waals surface area contributed by atoms with Gasteiger partial charge < -0.3 is 10.2 Å². The molecule has 56 valence electrons. The topological polar surface area (TPSA) is 40.5 Å². The monoisotopic (exact) mass is 140 g/mol. The zero-order chi connectivity index (χ0) is 7.30. The smallest absolute Gasteiger partial charge is 0.0661 e. The summed E-state index contributed by atoms with van der Waals surface area (Å²) >= 11 is 0. The molecule has 2 saturated carbocycles. The highest BCUT2D eigenvalue weighted by atomic mass is 16.3.